The summed E-state index contributed by atoms with van der Waals surface area (Å²) in [7, 11) is 1.34. The van der Waals surface area contributed by atoms with Crippen molar-refractivity contribution in [3.05, 3.63) is 120 Å². The van der Waals surface area contributed by atoms with E-state index in [2.05, 4.69) is 29.7 Å². The van der Waals surface area contributed by atoms with Crippen molar-refractivity contribution in [1.82, 2.24) is 29.7 Å². The molecule has 38 heavy (non-hydrogen) atoms. The van der Waals surface area contributed by atoms with Crippen LogP contribution in [0.2, 0.25) is 0 Å². The van der Waals surface area contributed by atoms with Gasteiger partial charge in [0.15, 0.2) is 0 Å². The zero-order valence-corrected chi connectivity index (χ0v) is 21.4. The number of nitrogens with zero attached hydrogens (tertiary/aromatic N) is 6. The molecule has 4 heterocycles. The van der Waals surface area contributed by atoms with Gasteiger partial charge in [-0.3, -0.25) is 29.7 Å². The minimum Gasteiger partial charge on any atom is -0.465 e. The van der Waals surface area contributed by atoms with Gasteiger partial charge >= 0.3 is 5.97 Å². The molecule has 9 nitrogen and oxygen atoms in total. The van der Waals surface area contributed by atoms with Crippen molar-refractivity contribution in [2.24, 2.45) is 0 Å². The van der Waals surface area contributed by atoms with E-state index in [1.165, 1.54) is 13.3 Å². The molecule has 0 aromatic carbocycles. The van der Waals surface area contributed by atoms with E-state index in [0.29, 0.717) is 44.8 Å². The largest absolute Gasteiger partial charge is 0.465 e. The van der Waals surface area contributed by atoms with Gasteiger partial charge in [-0.05, 0) is 48.5 Å². The van der Waals surface area contributed by atoms with Gasteiger partial charge in [-0.25, -0.2) is 4.79 Å². The smallest absolute Gasteiger partial charge is 0.339 e. The predicted octanol–water partition coefficient (Wildman–Crippen LogP) is 3.12. The molecular weight excluding hydrogens is 480 g/mol. The van der Waals surface area contributed by atoms with Gasteiger partial charge in [0.2, 0.25) is 0 Å². The highest BCUT2D eigenvalue weighted by Crippen LogP contribution is 2.12. The summed E-state index contributed by atoms with van der Waals surface area (Å²) in [5.41, 5.74) is 3.92. The molecule has 0 saturated heterocycles. The third kappa shape index (κ3) is 8.52. The van der Waals surface area contributed by atoms with Crippen molar-refractivity contribution in [2.75, 3.05) is 20.2 Å². The summed E-state index contributed by atoms with van der Waals surface area (Å²) in [6.45, 7) is 3.03. The van der Waals surface area contributed by atoms with Crippen molar-refractivity contribution in [2.45, 2.75) is 32.3 Å². The summed E-state index contributed by atoms with van der Waals surface area (Å²) in [5.74, 6) is -0.425. The van der Waals surface area contributed by atoms with E-state index in [1.54, 1.807) is 30.7 Å². The van der Waals surface area contributed by atoms with Crippen LogP contribution in [0.15, 0.2) is 91.5 Å². The second kappa shape index (κ2) is 14.0. The summed E-state index contributed by atoms with van der Waals surface area (Å²) < 4.78 is 4.77. The van der Waals surface area contributed by atoms with Gasteiger partial charge in [-0.1, -0.05) is 18.2 Å². The number of rotatable bonds is 13. The third-order valence-electron chi connectivity index (χ3n) is 5.90. The van der Waals surface area contributed by atoms with Gasteiger partial charge in [0.05, 0.1) is 41.6 Å². The maximum atomic E-state index is 11.8. The van der Waals surface area contributed by atoms with E-state index in [1.807, 2.05) is 54.6 Å². The lowest BCUT2D eigenvalue weighted by Gasteiger charge is -2.29. The highest BCUT2D eigenvalue weighted by molar-refractivity contribution is 5.88. The van der Waals surface area contributed by atoms with Crippen molar-refractivity contribution < 1.29 is 14.6 Å². The summed E-state index contributed by atoms with van der Waals surface area (Å²) in [6, 6.07) is 21.0. The lowest BCUT2D eigenvalue weighted by molar-refractivity contribution is 0.0600. The van der Waals surface area contributed by atoms with E-state index in [4.69, 9.17) is 4.74 Å². The molecule has 1 N–H and O–H groups in total. The van der Waals surface area contributed by atoms with Crippen LogP contribution in [0.25, 0.3) is 0 Å². The molecule has 9 heteroatoms. The number of carbonyl (C=O) groups is 1. The fourth-order valence-corrected chi connectivity index (χ4v) is 4.17. The van der Waals surface area contributed by atoms with Crippen molar-refractivity contribution >= 4 is 5.97 Å². The molecule has 4 rings (SSSR count). The fourth-order valence-electron chi connectivity index (χ4n) is 4.17. The minimum absolute atomic E-state index is 0.396. The highest BCUT2D eigenvalue weighted by atomic mass is 16.5. The van der Waals surface area contributed by atoms with E-state index >= 15 is 0 Å². The van der Waals surface area contributed by atoms with Crippen LogP contribution in [-0.2, 0) is 30.9 Å². The summed E-state index contributed by atoms with van der Waals surface area (Å²) in [5, 5.41) is 11.2. The molecule has 0 radical (unpaired) electrons. The molecule has 0 fully saturated rings. The average Bonchev–Trinajstić information content (AvgIpc) is 2.94. The molecular formula is C29H32N6O3. The number of ether oxygens (including phenoxy) is 1. The SMILES string of the molecule is COC(=O)c1ccc(CN(Cc2ccccn2)CC(O)CN(Cc2ccccn2)Cc2ccccn2)nc1. The van der Waals surface area contributed by atoms with Gasteiger partial charge in [0.25, 0.3) is 0 Å². The summed E-state index contributed by atoms with van der Waals surface area (Å²) in [4.78, 5) is 33.8. The number of pyridine rings is 4. The van der Waals surface area contributed by atoms with Crippen molar-refractivity contribution in [1.29, 1.82) is 0 Å². The molecule has 1 unspecified atom stereocenters. The maximum Gasteiger partial charge on any atom is 0.339 e. The molecule has 0 aliphatic heterocycles. The first-order valence-corrected chi connectivity index (χ1v) is 12.4. The predicted molar refractivity (Wildman–Crippen MR) is 143 cm³/mol. The van der Waals surface area contributed by atoms with Crippen LogP contribution >= 0.6 is 0 Å². The van der Waals surface area contributed by atoms with Gasteiger partial charge in [0.1, 0.15) is 0 Å². The summed E-state index contributed by atoms with van der Waals surface area (Å²) >= 11 is 0. The normalized spacial score (nSPS) is 12.0. The first-order chi connectivity index (χ1) is 18.6. The quantitative estimate of drug-likeness (QED) is 0.271. The monoisotopic (exact) mass is 512 g/mol. The number of aliphatic hydroxyl groups is 1. The van der Waals surface area contributed by atoms with Crippen LogP contribution in [0, 0.1) is 0 Å². The number of hydrogen-bond acceptors (Lipinski definition) is 9. The van der Waals surface area contributed by atoms with E-state index < -0.39 is 12.1 Å². The van der Waals surface area contributed by atoms with Crippen LogP contribution in [0.1, 0.15) is 33.1 Å². The van der Waals surface area contributed by atoms with Crippen LogP contribution in [0.3, 0.4) is 0 Å². The second-order valence-electron chi connectivity index (χ2n) is 8.99. The van der Waals surface area contributed by atoms with Crippen LogP contribution in [-0.4, -0.2) is 67.1 Å². The van der Waals surface area contributed by atoms with E-state index in [-0.39, 0.29) is 0 Å². The Bertz CT molecular complexity index is 1200. The van der Waals surface area contributed by atoms with Crippen LogP contribution in [0.5, 0.6) is 0 Å². The number of aliphatic hydroxyl groups excluding tert-OH is 1. The Morgan fingerprint density at radius 3 is 1.50 bits per heavy atom. The Balaban J connectivity index is 1.46. The van der Waals surface area contributed by atoms with Gasteiger partial charge in [-0.15, -0.1) is 0 Å². The molecule has 0 spiro atoms. The summed E-state index contributed by atoms with van der Waals surface area (Å²) in [6.07, 6.45) is 6.17. The molecule has 0 aliphatic carbocycles. The first kappa shape index (κ1) is 27.0. The molecule has 196 valence electrons. The molecule has 4 aromatic rings. The number of hydrogen-bond donors (Lipinski definition) is 1. The zero-order chi connectivity index (χ0) is 26.6. The lowest BCUT2D eigenvalue weighted by Crippen LogP contribution is -2.40. The molecule has 4 aromatic heterocycles. The second-order valence-corrected chi connectivity index (χ2v) is 8.99. The average molecular weight is 513 g/mol. The minimum atomic E-state index is -0.652. The molecule has 1 atom stereocenters. The Morgan fingerprint density at radius 1 is 0.711 bits per heavy atom. The Morgan fingerprint density at radius 2 is 1.16 bits per heavy atom. The Labute approximate surface area is 222 Å². The van der Waals surface area contributed by atoms with E-state index in [0.717, 1.165) is 22.8 Å². The first-order valence-electron chi connectivity index (χ1n) is 12.4. The topological polar surface area (TPSA) is 105 Å². The van der Waals surface area contributed by atoms with Crippen LogP contribution < -0.4 is 0 Å². The Hall–Kier alpha value is -4.05. The number of aromatic nitrogens is 4. The molecule has 0 bridgehead atoms. The third-order valence-corrected chi connectivity index (χ3v) is 5.90. The molecule has 0 saturated carbocycles. The highest BCUT2D eigenvalue weighted by Gasteiger charge is 2.19. The maximum absolute atomic E-state index is 11.8. The zero-order valence-electron chi connectivity index (χ0n) is 21.4. The van der Waals surface area contributed by atoms with Gasteiger partial charge in [0, 0.05) is 64.1 Å². The van der Waals surface area contributed by atoms with Crippen molar-refractivity contribution in [3.63, 3.8) is 0 Å². The van der Waals surface area contributed by atoms with Crippen LogP contribution in [0.4, 0.5) is 0 Å². The lowest BCUT2D eigenvalue weighted by atomic mass is 10.2. The molecule has 0 amide bonds. The number of esters is 1. The van der Waals surface area contributed by atoms with Crippen molar-refractivity contribution in [3.8, 4) is 0 Å². The standard InChI is InChI=1S/C29H32N6O3/c1-38-29(37)23-11-12-27(33-16-23)20-35(19-26-10-4-7-15-32-26)22-28(36)21-34(17-24-8-2-5-13-30-24)18-25-9-3-6-14-31-25/h2-16,28,36H,17-22H2,1H3. The van der Waals surface area contributed by atoms with E-state index in [9.17, 15) is 9.90 Å². The molecule has 0 aliphatic rings. The fraction of sp³-hybridized carbons (Fsp3) is 0.276. The Kier molecular flexibility index (Phi) is 9.97. The number of methoxy groups -OCH3 is 1. The number of carbonyl (C=O) groups excluding carboxylic acids is 1. The van der Waals surface area contributed by atoms with Gasteiger partial charge < -0.3 is 9.84 Å². The van der Waals surface area contributed by atoms with Gasteiger partial charge in [-0.2, -0.15) is 0 Å².